The van der Waals surface area contributed by atoms with E-state index in [1.165, 1.54) is 6.42 Å². The van der Waals surface area contributed by atoms with Crippen LogP contribution in [0.25, 0.3) is 0 Å². The van der Waals surface area contributed by atoms with Crippen molar-refractivity contribution < 1.29 is 19.8 Å². The van der Waals surface area contributed by atoms with Crippen LogP contribution in [0.4, 0.5) is 0 Å². The van der Waals surface area contributed by atoms with E-state index < -0.39 is 11.9 Å². The molecule has 4 nitrogen and oxygen atoms in total. The quantitative estimate of drug-likeness (QED) is 0.350. The molecule has 0 aliphatic heterocycles. The van der Waals surface area contributed by atoms with Gasteiger partial charge in [0.05, 0.1) is 0 Å². The molecular formula is C14H13BrO4. The van der Waals surface area contributed by atoms with Crippen LogP contribution in [0.1, 0.15) is 6.42 Å². The molecule has 6 bridgehead atoms. The minimum atomic E-state index is -1.25. The van der Waals surface area contributed by atoms with E-state index in [4.69, 9.17) is 0 Å². The van der Waals surface area contributed by atoms with Crippen molar-refractivity contribution in [3.8, 4) is 0 Å². The first-order valence-electron chi connectivity index (χ1n) is 6.88. The second kappa shape index (κ2) is 2.92. The third-order valence-electron chi connectivity index (χ3n) is 6.79. The van der Waals surface area contributed by atoms with Crippen LogP contribution < -0.4 is 0 Å². The molecule has 0 aromatic heterocycles. The largest absolute Gasteiger partial charge is 0.477 e. The molecule has 0 saturated heterocycles. The van der Waals surface area contributed by atoms with Crippen molar-refractivity contribution in [2.24, 2.45) is 47.3 Å². The number of alkyl halides is 1. The maximum atomic E-state index is 11.4. The molecule has 0 aromatic carbocycles. The zero-order valence-electron chi connectivity index (χ0n) is 9.99. The standard InChI is InChI=1S/C14H13BrO4/c15-12-7-3-1-2-4-5(3)10(12)8(6(2)7)9(4)11(13(16)17)14(18)19/h2-8,10,12H,1H2,(H,16,17)(H,18,19)/t2-,3+,4?,5?,6?,7?,8?,10?,12-/m0/s1. The zero-order valence-corrected chi connectivity index (χ0v) is 11.6. The lowest BCUT2D eigenvalue weighted by molar-refractivity contribution is -0.140. The van der Waals surface area contributed by atoms with E-state index in [0.717, 1.165) is 11.5 Å². The first-order valence-corrected chi connectivity index (χ1v) is 7.80. The molecule has 6 unspecified atom stereocenters. The van der Waals surface area contributed by atoms with E-state index in [9.17, 15) is 19.8 Å². The molecule has 9 atom stereocenters. The molecule has 5 heteroatoms. The highest BCUT2D eigenvalue weighted by Gasteiger charge is 2.82. The highest BCUT2D eigenvalue weighted by atomic mass is 79.9. The van der Waals surface area contributed by atoms with Crippen LogP contribution in [0.3, 0.4) is 0 Å². The van der Waals surface area contributed by atoms with Gasteiger partial charge < -0.3 is 10.2 Å². The van der Waals surface area contributed by atoms with Gasteiger partial charge in [-0.15, -0.1) is 0 Å². The summed E-state index contributed by atoms with van der Waals surface area (Å²) in [6.07, 6.45) is 1.20. The van der Waals surface area contributed by atoms with Crippen LogP contribution >= 0.6 is 15.9 Å². The smallest absolute Gasteiger partial charge is 0.343 e. The van der Waals surface area contributed by atoms with Crippen molar-refractivity contribution in [3.63, 3.8) is 0 Å². The third-order valence-corrected chi connectivity index (χ3v) is 8.01. The Kier molecular flexibility index (Phi) is 1.67. The molecule has 6 fully saturated rings. The normalized spacial score (nSPS) is 57.7. The lowest BCUT2D eigenvalue weighted by Gasteiger charge is -2.32. The molecule has 2 N–H and O–H groups in total. The van der Waals surface area contributed by atoms with Gasteiger partial charge in [0.1, 0.15) is 5.57 Å². The molecule has 0 spiro atoms. The Morgan fingerprint density at radius 3 is 2.16 bits per heavy atom. The fourth-order valence-electron chi connectivity index (χ4n) is 6.94. The topological polar surface area (TPSA) is 74.6 Å². The summed E-state index contributed by atoms with van der Waals surface area (Å²) in [5.74, 6) is 1.65. The lowest BCUT2D eigenvalue weighted by atomic mass is 9.71. The minimum Gasteiger partial charge on any atom is -0.477 e. The number of carboxylic acid groups (broad SMARTS) is 2. The maximum Gasteiger partial charge on any atom is 0.343 e. The summed E-state index contributed by atoms with van der Waals surface area (Å²) in [5.41, 5.74) is 0.495. The first kappa shape index (κ1) is 10.9. The number of carbonyl (C=O) groups is 2. The van der Waals surface area contributed by atoms with E-state index in [1.54, 1.807) is 0 Å². The molecule has 6 aliphatic carbocycles. The van der Waals surface area contributed by atoms with E-state index in [-0.39, 0.29) is 17.4 Å². The average molecular weight is 325 g/mol. The fraction of sp³-hybridized carbons (Fsp3) is 0.714. The fourth-order valence-corrected chi connectivity index (χ4v) is 8.37. The van der Waals surface area contributed by atoms with Gasteiger partial charge in [0, 0.05) is 4.83 Å². The highest BCUT2D eigenvalue weighted by molar-refractivity contribution is 9.09. The Balaban J connectivity index is 1.77. The van der Waals surface area contributed by atoms with Gasteiger partial charge in [0.15, 0.2) is 0 Å². The summed E-state index contributed by atoms with van der Waals surface area (Å²) in [6, 6.07) is 0. The number of allylic oxidation sites excluding steroid dienone is 1. The van der Waals surface area contributed by atoms with Gasteiger partial charge in [0.2, 0.25) is 0 Å². The second-order valence-corrected chi connectivity index (χ2v) is 7.87. The van der Waals surface area contributed by atoms with Crippen LogP contribution in [-0.2, 0) is 9.59 Å². The van der Waals surface area contributed by atoms with E-state index in [2.05, 4.69) is 15.9 Å². The van der Waals surface area contributed by atoms with Gasteiger partial charge in [-0.05, 0) is 59.3 Å². The number of hydrogen-bond acceptors (Lipinski definition) is 2. The molecule has 0 amide bonds. The molecule has 0 radical (unpaired) electrons. The predicted molar refractivity (Wildman–Crippen MR) is 67.5 cm³/mol. The Labute approximate surface area is 118 Å². The predicted octanol–water partition coefficient (Wildman–Crippen LogP) is 1.60. The van der Waals surface area contributed by atoms with Crippen molar-refractivity contribution in [1.29, 1.82) is 0 Å². The monoisotopic (exact) mass is 324 g/mol. The Morgan fingerprint density at radius 2 is 1.58 bits per heavy atom. The second-order valence-electron chi connectivity index (χ2n) is 6.81. The zero-order chi connectivity index (χ0) is 13.2. The number of aliphatic carboxylic acids is 2. The van der Waals surface area contributed by atoms with Crippen molar-refractivity contribution in [1.82, 2.24) is 0 Å². The molecule has 0 heterocycles. The molecule has 6 aliphatic rings. The summed E-state index contributed by atoms with van der Waals surface area (Å²) >= 11 is 3.82. The summed E-state index contributed by atoms with van der Waals surface area (Å²) in [4.78, 5) is 23.2. The number of rotatable bonds is 2. The lowest BCUT2D eigenvalue weighted by Crippen LogP contribution is -2.30. The Hall–Kier alpha value is -0.840. The van der Waals surface area contributed by atoms with E-state index in [0.29, 0.717) is 34.4 Å². The highest BCUT2D eigenvalue weighted by Crippen LogP contribution is 2.85. The van der Waals surface area contributed by atoms with Gasteiger partial charge in [-0.2, -0.15) is 0 Å². The molecule has 6 rings (SSSR count). The van der Waals surface area contributed by atoms with Crippen LogP contribution in [0, 0.1) is 47.3 Å². The van der Waals surface area contributed by atoms with Crippen molar-refractivity contribution in [2.45, 2.75) is 11.2 Å². The molecule has 6 saturated carbocycles. The van der Waals surface area contributed by atoms with Gasteiger partial charge >= 0.3 is 11.9 Å². The summed E-state index contributed by atoms with van der Waals surface area (Å²) in [7, 11) is 0. The van der Waals surface area contributed by atoms with Gasteiger partial charge in [0.25, 0.3) is 0 Å². The number of hydrogen-bond donors (Lipinski definition) is 2. The molecule has 19 heavy (non-hydrogen) atoms. The van der Waals surface area contributed by atoms with Crippen molar-refractivity contribution >= 4 is 27.9 Å². The van der Waals surface area contributed by atoms with Crippen molar-refractivity contribution in [3.05, 3.63) is 11.1 Å². The average Bonchev–Trinajstić information content (AvgIpc) is 3.01. The number of carboxylic acids is 2. The SMILES string of the molecule is O=C(O)C(C(=O)O)=C1C2C3C4C1[C@@H]1C[C@H]4C(C21)[C@@H]3Br. The third kappa shape index (κ3) is 0.874. The van der Waals surface area contributed by atoms with Crippen LogP contribution in [-0.4, -0.2) is 27.0 Å². The van der Waals surface area contributed by atoms with Gasteiger partial charge in [-0.1, -0.05) is 15.9 Å². The Morgan fingerprint density at radius 1 is 0.947 bits per heavy atom. The number of halogens is 1. The first-order chi connectivity index (χ1) is 9.04. The molecule has 100 valence electrons. The summed E-state index contributed by atoms with van der Waals surface area (Å²) in [6.45, 7) is 0. The van der Waals surface area contributed by atoms with Gasteiger partial charge in [-0.3, -0.25) is 0 Å². The van der Waals surface area contributed by atoms with Gasteiger partial charge in [-0.25, -0.2) is 9.59 Å². The van der Waals surface area contributed by atoms with E-state index >= 15 is 0 Å². The van der Waals surface area contributed by atoms with Crippen molar-refractivity contribution in [2.75, 3.05) is 0 Å². The molecule has 0 aromatic rings. The molecular weight excluding hydrogens is 312 g/mol. The minimum absolute atomic E-state index is 0.246. The summed E-state index contributed by atoms with van der Waals surface area (Å²) in [5, 5.41) is 18.6. The van der Waals surface area contributed by atoms with Crippen LogP contribution in [0.5, 0.6) is 0 Å². The summed E-state index contributed by atoms with van der Waals surface area (Å²) < 4.78 is 0. The van der Waals surface area contributed by atoms with Crippen LogP contribution in [0.2, 0.25) is 0 Å². The Bertz CT molecular complexity index is 564. The van der Waals surface area contributed by atoms with Crippen LogP contribution in [0.15, 0.2) is 11.1 Å². The van der Waals surface area contributed by atoms with E-state index in [1.807, 2.05) is 0 Å². The maximum absolute atomic E-state index is 11.4.